The molecule has 1 saturated carbocycles. The van der Waals surface area contributed by atoms with E-state index in [9.17, 15) is 4.39 Å². The summed E-state index contributed by atoms with van der Waals surface area (Å²) in [5, 5.41) is 0. The predicted octanol–water partition coefficient (Wildman–Crippen LogP) is 5.27. The summed E-state index contributed by atoms with van der Waals surface area (Å²) in [7, 11) is 0. The largest absolute Gasteiger partial charge is 0.247 e. The lowest BCUT2D eigenvalue weighted by Gasteiger charge is -2.40. The molecule has 1 aliphatic rings. The third-order valence-electron chi connectivity index (χ3n) is 4.10. The number of hydrogen-bond donors (Lipinski definition) is 0. The van der Waals surface area contributed by atoms with E-state index in [2.05, 4.69) is 13.8 Å². The molecule has 1 unspecified atom stereocenters. The Morgan fingerprint density at radius 2 is 1.67 bits per heavy atom. The van der Waals surface area contributed by atoms with E-state index in [1.165, 1.54) is 32.1 Å². The molecule has 1 atom stereocenters. The second-order valence-electron chi connectivity index (χ2n) is 5.28. The number of alkyl halides is 1. The molecule has 0 aliphatic heterocycles. The zero-order valence-electron chi connectivity index (χ0n) is 10.5. The molecule has 0 amide bonds. The summed E-state index contributed by atoms with van der Waals surface area (Å²) in [5.41, 5.74) is 0.0737. The van der Waals surface area contributed by atoms with E-state index in [4.69, 9.17) is 0 Å². The van der Waals surface area contributed by atoms with Crippen LogP contribution in [0.15, 0.2) is 0 Å². The van der Waals surface area contributed by atoms with E-state index in [0.29, 0.717) is 0 Å². The van der Waals surface area contributed by atoms with E-state index >= 15 is 0 Å². The van der Waals surface area contributed by atoms with E-state index in [1.54, 1.807) is 0 Å². The fourth-order valence-electron chi connectivity index (χ4n) is 3.01. The van der Waals surface area contributed by atoms with Gasteiger partial charge in [0.2, 0.25) is 0 Å². The molecule has 0 aromatic heterocycles. The Bertz CT molecular complexity index is 157. The van der Waals surface area contributed by atoms with Gasteiger partial charge in [-0.15, -0.1) is 0 Å². The average molecular weight is 214 g/mol. The lowest BCUT2D eigenvalue weighted by molar-refractivity contribution is 0.0339. The summed E-state index contributed by atoms with van der Waals surface area (Å²) in [5.74, 6) is 0. The van der Waals surface area contributed by atoms with Crippen molar-refractivity contribution in [2.45, 2.75) is 84.2 Å². The maximum Gasteiger partial charge on any atom is 0.106 e. The van der Waals surface area contributed by atoms with Crippen LogP contribution in [-0.4, -0.2) is 6.17 Å². The zero-order chi connectivity index (χ0) is 11.1. The van der Waals surface area contributed by atoms with Crippen molar-refractivity contribution in [3.05, 3.63) is 0 Å². The fraction of sp³-hybridized carbons (Fsp3) is 1.00. The number of rotatable bonds is 6. The highest BCUT2D eigenvalue weighted by Gasteiger charge is 2.39. The summed E-state index contributed by atoms with van der Waals surface area (Å²) in [6, 6.07) is 0. The van der Waals surface area contributed by atoms with Crippen LogP contribution in [0.4, 0.5) is 4.39 Å². The topological polar surface area (TPSA) is 0 Å². The van der Waals surface area contributed by atoms with Crippen molar-refractivity contribution < 1.29 is 4.39 Å². The highest BCUT2D eigenvalue weighted by atomic mass is 19.1. The highest BCUT2D eigenvalue weighted by Crippen LogP contribution is 2.46. The first-order chi connectivity index (χ1) is 7.25. The molecular weight excluding hydrogens is 187 g/mol. The van der Waals surface area contributed by atoms with E-state index in [0.717, 1.165) is 32.1 Å². The summed E-state index contributed by atoms with van der Waals surface area (Å²) >= 11 is 0. The first-order valence-corrected chi connectivity index (χ1v) is 6.89. The van der Waals surface area contributed by atoms with Crippen LogP contribution in [0.1, 0.15) is 78.1 Å². The molecule has 1 rings (SSSR count). The van der Waals surface area contributed by atoms with Crippen LogP contribution >= 0.6 is 0 Å². The first-order valence-electron chi connectivity index (χ1n) is 6.89. The maximum absolute atomic E-state index is 14.1. The minimum atomic E-state index is -0.510. The van der Waals surface area contributed by atoms with Gasteiger partial charge in [-0.1, -0.05) is 52.4 Å². The molecule has 15 heavy (non-hydrogen) atoms. The normalized spacial score (nSPS) is 25.4. The number of halogens is 1. The lowest BCUT2D eigenvalue weighted by Crippen LogP contribution is -2.35. The van der Waals surface area contributed by atoms with Gasteiger partial charge in [-0.3, -0.25) is 0 Å². The van der Waals surface area contributed by atoms with Crippen LogP contribution in [-0.2, 0) is 0 Å². The van der Waals surface area contributed by atoms with E-state index in [1.807, 2.05) is 0 Å². The van der Waals surface area contributed by atoms with Crippen molar-refractivity contribution in [2.24, 2.45) is 5.41 Å². The van der Waals surface area contributed by atoms with Gasteiger partial charge in [-0.25, -0.2) is 4.39 Å². The third-order valence-corrected chi connectivity index (χ3v) is 4.10. The molecule has 0 spiro atoms. The smallest absolute Gasteiger partial charge is 0.106 e. The quantitative estimate of drug-likeness (QED) is 0.565. The fourth-order valence-corrected chi connectivity index (χ4v) is 3.01. The molecule has 0 bridgehead atoms. The van der Waals surface area contributed by atoms with E-state index in [-0.39, 0.29) is 5.41 Å². The molecule has 1 heteroatoms. The van der Waals surface area contributed by atoms with Crippen molar-refractivity contribution in [3.63, 3.8) is 0 Å². The minimum absolute atomic E-state index is 0.0737. The SMILES string of the molecule is CCCCC1(CCCC)CCCCC1F. The van der Waals surface area contributed by atoms with Crippen LogP contribution < -0.4 is 0 Å². The molecule has 90 valence electrons. The van der Waals surface area contributed by atoms with E-state index < -0.39 is 6.17 Å². The molecule has 1 aliphatic carbocycles. The van der Waals surface area contributed by atoms with Gasteiger partial charge in [0, 0.05) is 5.41 Å². The number of unbranched alkanes of at least 4 members (excludes halogenated alkanes) is 2. The first kappa shape index (κ1) is 13.0. The Hall–Kier alpha value is -0.0700. The van der Waals surface area contributed by atoms with Crippen molar-refractivity contribution in [1.82, 2.24) is 0 Å². The van der Waals surface area contributed by atoms with Crippen LogP contribution in [0.5, 0.6) is 0 Å². The van der Waals surface area contributed by atoms with Gasteiger partial charge >= 0.3 is 0 Å². The van der Waals surface area contributed by atoms with Crippen LogP contribution in [0.3, 0.4) is 0 Å². The summed E-state index contributed by atoms with van der Waals surface area (Å²) < 4.78 is 14.1. The second-order valence-corrected chi connectivity index (χ2v) is 5.28. The van der Waals surface area contributed by atoms with Gasteiger partial charge in [0.1, 0.15) is 6.17 Å². The summed E-state index contributed by atoms with van der Waals surface area (Å²) in [6.07, 6.45) is 10.9. The Morgan fingerprint density at radius 3 is 2.13 bits per heavy atom. The molecule has 0 aromatic rings. The van der Waals surface area contributed by atoms with Gasteiger partial charge in [0.15, 0.2) is 0 Å². The second kappa shape index (κ2) is 6.50. The molecule has 1 fully saturated rings. The van der Waals surface area contributed by atoms with Gasteiger partial charge in [0.25, 0.3) is 0 Å². The lowest BCUT2D eigenvalue weighted by atomic mass is 9.67. The van der Waals surface area contributed by atoms with Gasteiger partial charge in [0.05, 0.1) is 0 Å². The number of hydrogen-bond acceptors (Lipinski definition) is 0. The molecular formula is C14H27F. The summed E-state index contributed by atoms with van der Waals surface area (Å²) in [4.78, 5) is 0. The van der Waals surface area contributed by atoms with Crippen molar-refractivity contribution >= 4 is 0 Å². The van der Waals surface area contributed by atoms with Gasteiger partial charge in [-0.2, -0.15) is 0 Å². The molecule has 0 saturated heterocycles. The van der Waals surface area contributed by atoms with Crippen molar-refractivity contribution in [2.75, 3.05) is 0 Å². The Labute approximate surface area is 94.6 Å². The monoisotopic (exact) mass is 214 g/mol. The molecule has 0 N–H and O–H groups in total. The molecule has 0 radical (unpaired) electrons. The van der Waals surface area contributed by atoms with Gasteiger partial charge in [-0.05, 0) is 25.7 Å². The zero-order valence-corrected chi connectivity index (χ0v) is 10.5. The summed E-state index contributed by atoms with van der Waals surface area (Å²) in [6.45, 7) is 4.42. The molecule has 0 heterocycles. The van der Waals surface area contributed by atoms with Crippen molar-refractivity contribution in [1.29, 1.82) is 0 Å². The molecule has 0 aromatic carbocycles. The van der Waals surface area contributed by atoms with Crippen molar-refractivity contribution in [3.8, 4) is 0 Å². The highest BCUT2D eigenvalue weighted by molar-refractivity contribution is 4.89. The Morgan fingerprint density at radius 1 is 1.07 bits per heavy atom. The predicted molar refractivity (Wildman–Crippen MR) is 64.8 cm³/mol. The Balaban J connectivity index is 2.55. The third kappa shape index (κ3) is 3.46. The van der Waals surface area contributed by atoms with Gasteiger partial charge < -0.3 is 0 Å². The standard InChI is InChI=1S/C14H27F/c1-3-5-10-14(11-6-4-2)12-8-7-9-13(14)15/h13H,3-12H2,1-2H3. The average Bonchev–Trinajstić information content (AvgIpc) is 2.27. The Kier molecular flexibility index (Phi) is 5.63. The maximum atomic E-state index is 14.1. The minimum Gasteiger partial charge on any atom is -0.247 e. The van der Waals surface area contributed by atoms with Crippen LogP contribution in [0.25, 0.3) is 0 Å². The molecule has 0 nitrogen and oxygen atoms in total. The van der Waals surface area contributed by atoms with Crippen LogP contribution in [0.2, 0.25) is 0 Å². The van der Waals surface area contributed by atoms with Crippen LogP contribution in [0, 0.1) is 5.41 Å².